The maximum Gasteiger partial charge on any atom is 0.282 e. The Bertz CT molecular complexity index is 1260. The summed E-state index contributed by atoms with van der Waals surface area (Å²) in [5.41, 5.74) is 0.910. The number of thiazole rings is 1. The van der Waals surface area contributed by atoms with E-state index in [1.807, 2.05) is 27.1 Å². The number of hydrogen-bond acceptors (Lipinski definition) is 7. The number of hydrogen-bond donors (Lipinski definition) is 0. The smallest absolute Gasteiger partial charge is 0.282 e. The number of benzene rings is 1. The third-order valence-corrected chi connectivity index (χ3v) is 10.6. The summed E-state index contributed by atoms with van der Waals surface area (Å²) in [7, 11) is 0.476. The minimum Gasteiger partial charge on any atom is -0.334 e. The number of sulfonamides is 1. The SMILES string of the molecule is Cc1nc(C(=O)N2CCN(S(=O)(=O)c3cc4ccc(Cl)cc4s3)CC2)sc1CCCN(C)C. The van der Waals surface area contributed by atoms with E-state index in [2.05, 4.69) is 9.88 Å². The van der Waals surface area contributed by atoms with E-state index in [4.69, 9.17) is 11.6 Å². The van der Waals surface area contributed by atoms with Crippen molar-refractivity contribution in [3.8, 4) is 0 Å². The first-order valence-electron chi connectivity index (χ1n) is 10.7. The minimum absolute atomic E-state index is 0.115. The van der Waals surface area contributed by atoms with E-state index < -0.39 is 10.0 Å². The highest BCUT2D eigenvalue weighted by molar-refractivity contribution is 7.91. The van der Waals surface area contributed by atoms with E-state index in [1.165, 1.54) is 27.0 Å². The topological polar surface area (TPSA) is 73.8 Å². The summed E-state index contributed by atoms with van der Waals surface area (Å²) in [6.45, 7) is 4.17. The Morgan fingerprint density at radius 3 is 2.58 bits per heavy atom. The molecule has 4 rings (SSSR count). The number of carbonyl (C=O) groups is 1. The highest BCUT2D eigenvalue weighted by Gasteiger charge is 2.32. The average molecular weight is 527 g/mol. The molecule has 1 aliphatic heterocycles. The zero-order valence-corrected chi connectivity index (χ0v) is 22.1. The Hall–Kier alpha value is -1.56. The van der Waals surface area contributed by atoms with Crippen LogP contribution in [0, 0.1) is 6.92 Å². The van der Waals surface area contributed by atoms with E-state index in [0.29, 0.717) is 27.3 Å². The normalized spacial score (nSPS) is 15.6. The Balaban J connectivity index is 1.40. The molecule has 3 heterocycles. The van der Waals surface area contributed by atoms with Gasteiger partial charge < -0.3 is 9.80 Å². The molecule has 0 aliphatic carbocycles. The first-order valence-corrected chi connectivity index (χ1v) is 14.2. The lowest BCUT2D eigenvalue weighted by Gasteiger charge is -2.33. The lowest BCUT2D eigenvalue weighted by molar-refractivity contribution is 0.0697. The van der Waals surface area contributed by atoms with Gasteiger partial charge in [-0.05, 0) is 64.0 Å². The lowest BCUT2D eigenvalue weighted by atomic mass is 10.2. The van der Waals surface area contributed by atoms with Crippen molar-refractivity contribution >= 4 is 60.3 Å². The standard InChI is InChI=1S/C22H27ClN4O3S3/c1-15-18(5-4-8-25(2)3)32-21(24-15)22(28)26-9-11-27(12-10-26)33(29,30)20-13-16-6-7-17(23)14-19(16)31-20/h6-7,13-14H,4-5,8-12H2,1-3H3. The zero-order valence-electron chi connectivity index (χ0n) is 18.9. The molecule has 1 saturated heterocycles. The molecule has 2 aromatic heterocycles. The molecule has 0 unspecified atom stereocenters. The van der Waals surface area contributed by atoms with E-state index in [0.717, 1.165) is 40.0 Å². The summed E-state index contributed by atoms with van der Waals surface area (Å²) in [5.74, 6) is -0.115. The Morgan fingerprint density at radius 2 is 1.88 bits per heavy atom. The van der Waals surface area contributed by atoms with Gasteiger partial charge in [0.2, 0.25) is 0 Å². The summed E-state index contributed by atoms with van der Waals surface area (Å²) in [6, 6.07) is 7.06. The van der Waals surface area contributed by atoms with Gasteiger partial charge in [0.25, 0.3) is 15.9 Å². The van der Waals surface area contributed by atoms with E-state index in [9.17, 15) is 13.2 Å². The molecule has 0 atom stereocenters. The lowest BCUT2D eigenvalue weighted by Crippen LogP contribution is -2.50. The highest BCUT2D eigenvalue weighted by atomic mass is 35.5. The second-order valence-corrected chi connectivity index (χ2v) is 13.1. The van der Waals surface area contributed by atoms with E-state index in [-0.39, 0.29) is 19.0 Å². The first-order chi connectivity index (χ1) is 15.6. The fraction of sp³-hybridized carbons (Fsp3) is 0.455. The van der Waals surface area contributed by atoms with Crippen LogP contribution in [0.4, 0.5) is 0 Å². The fourth-order valence-corrected chi connectivity index (χ4v) is 8.13. The maximum atomic E-state index is 13.2. The number of aryl methyl sites for hydroxylation is 2. The molecule has 11 heteroatoms. The number of carbonyl (C=O) groups excluding carboxylic acids is 1. The molecule has 0 spiro atoms. The van der Waals surface area contributed by atoms with Crippen molar-refractivity contribution in [3.63, 3.8) is 0 Å². The van der Waals surface area contributed by atoms with Gasteiger partial charge >= 0.3 is 0 Å². The third kappa shape index (κ3) is 5.41. The van der Waals surface area contributed by atoms with Crippen LogP contribution in [0.5, 0.6) is 0 Å². The average Bonchev–Trinajstić information content (AvgIpc) is 3.37. The summed E-state index contributed by atoms with van der Waals surface area (Å²) < 4.78 is 28.9. The molecular formula is C22H27ClN4O3S3. The van der Waals surface area contributed by atoms with Crippen LogP contribution < -0.4 is 0 Å². The molecule has 0 saturated carbocycles. The highest BCUT2D eigenvalue weighted by Crippen LogP contribution is 2.33. The molecule has 7 nitrogen and oxygen atoms in total. The van der Waals surface area contributed by atoms with Gasteiger partial charge in [-0.2, -0.15) is 4.31 Å². The van der Waals surface area contributed by atoms with Gasteiger partial charge in [-0.3, -0.25) is 4.79 Å². The summed E-state index contributed by atoms with van der Waals surface area (Å²) in [5, 5.41) is 1.93. The van der Waals surface area contributed by atoms with Crippen molar-refractivity contribution < 1.29 is 13.2 Å². The third-order valence-electron chi connectivity index (χ3n) is 5.66. The predicted molar refractivity (Wildman–Crippen MR) is 135 cm³/mol. The number of piperazine rings is 1. The van der Waals surface area contributed by atoms with E-state index in [1.54, 1.807) is 23.1 Å². The minimum atomic E-state index is -3.62. The molecule has 3 aromatic rings. The van der Waals surface area contributed by atoms with Gasteiger partial charge in [-0.15, -0.1) is 22.7 Å². The fourth-order valence-electron chi connectivity index (χ4n) is 3.81. The van der Waals surface area contributed by atoms with Crippen LogP contribution in [-0.4, -0.2) is 80.2 Å². The Kier molecular flexibility index (Phi) is 7.42. The van der Waals surface area contributed by atoms with Crippen LogP contribution in [0.2, 0.25) is 5.02 Å². The van der Waals surface area contributed by atoms with Crippen LogP contribution in [-0.2, 0) is 16.4 Å². The molecule has 1 aliphatic rings. The van der Waals surface area contributed by atoms with Crippen molar-refractivity contribution in [1.82, 2.24) is 19.1 Å². The summed E-state index contributed by atoms with van der Waals surface area (Å²) >= 11 is 8.72. The van der Waals surface area contributed by atoms with Gasteiger partial charge in [-0.1, -0.05) is 17.7 Å². The van der Waals surface area contributed by atoms with Gasteiger partial charge in [0.1, 0.15) is 4.21 Å². The van der Waals surface area contributed by atoms with Crippen molar-refractivity contribution in [2.75, 3.05) is 46.8 Å². The Morgan fingerprint density at radius 1 is 1.15 bits per heavy atom. The van der Waals surface area contributed by atoms with Crippen LogP contribution in [0.15, 0.2) is 28.5 Å². The Labute approximate surface area is 207 Å². The molecule has 1 amide bonds. The zero-order chi connectivity index (χ0) is 23.8. The summed E-state index contributed by atoms with van der Waals surface area (Å²) in [6.07, 6.45) is 1.92. The maximum absolute atomic E-state index is 13.2. The number of amides is 1. The molecule has 33 heavy (non-hydrogen) atoms. The van der Waals surface area contributed by atoms with Crippen LogP contribution in [0.25, 0.3) is 10.1 Å². The van der Waals surface area contributed by atoms with Gasteiger partial charge in [-0.25, -0.2) is 13.4 Å². The van der Waals surface area contributed by atoms with E-state index >= 15 is 0 Å². The number of aromatic nitrogens is 1. The summed E-state index contributed by atoms with van der Waals surface area (Å²) in [4.78, 5) is 22.5. The van der Waals surface area contributed by atoms with Crippen LogP contribution in [0.1, 0.15) is 26.8 Å². The van der Waals surface area contributed by atoms with Crippen molar-refractivity contribution in [1.29, 1.82) is 0 Å². The second-order valence-electron chi connectivity index (χ2n) is 8.38. The van der Waals surface area contributed by atoms with Crippen LogP contribution >= 0.6 is 34.3 Å². The van der Waals surface area contributed by atoms with Crippen molar-refractivity contribution in [2.45, 2.75) is 24.0 Å². The van der Waals surface area contributed by atoms with Gasteiger partial charge in [0.15, 0.2) is 5.01 Å². The molecule has 1 fully saturated rings. The number of rotatable bonds is 7. The molecule has 178 valence electrons. The van der Waals surface area contributed by atoms with Crippen LogP contribution in [0.3, 0.4) is 0 Å². The van der Waals surface area contributed by atoms with Gasteiger partial charge in [0.05, 0.1) is 5.69 Å². The van der Waals surface area contributed by atoms with Crippen molar-refractivity contribution in [3.05, 3.63) is 44.9 Å². The quantitative estimate of drug-likeness (QED) is 0.466. The molecular weight excluding hydrogens is 500 g/mol. The monoisotopic (exact) mass is 526 g/mol. The number of fused-ring (bicyclic) bond motifs is 1. The largest absolute Gasteiger partial charge is 0.334 e. The number of thiophene rings is 1. The first kappa shape index (κ1) is 24.6. The molecule has 1 aromatic carbocycles. The van der Waals surface area contributed by atoms with Gasteiger partial charge in [0, 0.05) is 40.8 Å². The molecule has 0 N–H and O–H groups in total. The molecule has 0 bridgehead atoms. The molecule has 0 radical (unpaired) electrons. The number of halogens is 1. The predicted octanol–water partition coefficient (Wildman–Crippen LogP) is 3.96. The number of nitrogens with zero attached hydrogens (tertiary/aromatic N) is 4. The second kappa shape index (κ2) is 9.97. The van der Waals surface area contributed by atoms with Crippen molar-refractivity contribution in [2.24, 2.45) is 0 Å².